The number of esters is 1. The largest absolute Gasteiger partial charge is 0.453 e. The number of hydrogen-bond donors (Lipinski definition) is 1. The first-order valence-corrected chi connectivity index (χ1v) is 7.53. The lowest BCUT2D eigenvalue weighted by Gasteiger charge is -2.13. The zero-order chi connectivity index (χ0) is 18.9. The predicted molar refractivity (Wildman–Crippen MR) is 84.1 cm³/mol. The van der Waals surface area contributed by atoms with Crippen molar-refractivity contribution in [3.05, 3.63) is 58.4 Å². The second-order valence-electron chi connectivity index (χ2n) is 5.50. The molecule has 1 unspecified atom stereocenters. The van der Waals surface area contributed by atoms with E-state index in [0.29, 0.717) is 10.9 Å². The van der Waals surface area contributed by atoms with Crippen LogP contribution in [0.15, 0.2) is 41.3 Å². The molecule has 3 rings (SSSR count). The standard InChI is InChI=1S/C16H13F3N4O3/c1-9(14-20-11-5-3-2-4-10(11)15(25)21-14)26-13(24)8-23-7-6-12(22-23)16(17,18)19/h2-7,9H,8H2,1H3,(H,20,21,25). The molecule has 1 atom stereocenters. The van der Waals surface area contributed by atoms with Crippen molar-refractivity contribution in [2.24, 2.45) is 0 Å². The maximum absolute atomic E-state index is 12.5. The Bertz CT molecular complexity index is 1010. The fourth-order valence-electron chi connectivity index (χ4n) is 2.32. The molecule has 10 heteroatoms. The van der Waals surface area contributed by atoms with Gasteiger partial charge in [0.05, 0.1) is 10.9 Å². The predicted octanol–water partition coefficient (Wildman–Crippen LogP) is 2.44. The van der Waals surface area contributed by atoms with Crippen LogP contribution in [0.5, 0.6) is 0 Å². The molecule has 0 aliphatic heterocycles. The van der Waals surface area contributed by atoms with Gasteiger partial charge in [0.2, 0.25) is 0 Å². The number of aromatic amines is 1. The zero-order valence-corrected chi connectivity index (χ0v) is 13.4. The van der Waals surface area contributed by atoms with Gasteiger partial charge < -0.3 is 9.72 Å². The number of halogens is 3. The highest BCUT2D eigenvalue weighted by Crippen LogP contribution is 2.27. The fraction of sp³-hybridized carbons (Fsp3) is 0.250. The summed E-state index contributed by atoms with van der Waals surface area (Å²) in [6.07, 6.45) is -4.44. The SMILES string of the molecule is CC(OC(=O)Cn1ccc(C(F)(F)F)n1)c1nc2ccccc2c(=O)[nH]1. The third-order valence-corrected chi connectivity index (χ3v) is 3.55. The van der Waals surface area contributed by atoms with Gasteiger partial charge in [0.25, 0.3) is 5.56 Å². The second-order valence-corrected chi connectivity index (χ2v) is 5.50. The average molecular weight is 366 g/mol. The first-order chi connectivity index (χ1) is 12.2. The smallest absolute Gasteiger partial charge is 0.435 e. The van der Waals surface area contributed by atoms with Crippen molar-refractivity contribution in [1.82, 2.24) is 19.7 Å². The van der Waals surface area contributed by atoms with Crippen LogP contribution >= 0.6 is 0 Å². The van der Waals surface area contributed by atoms with Crippen LogP contribution in [0.2, 0.25) is 0 Å². The molecule has 3 aromatic rings. The van der Waals surface area contributed by atoms with Gasteiger partial charge in [0.15, 0.2) is 17.6 Å². The molecule has 1 N–H and O–H groups in total. The van der Waals surface area contributed by atoms with Crippen LogP contribution < -0.4 is 5.56 Å². The van der Waals surface area contributed by atoms with E-state index in [2.05, 4.69) is 15.1 Å². The van der Waals surface area contributed by atoms with Gasteiger partial charge in [-0.3, -0.25) is 14.3 Å². The van der Waals surface area contributed by atoms with E-state index in [4.69, 9.17) is 4.74 Å². The van der Waals surface area contributed by atoms with Crippen molar-refractivity contribution in [2.45, 2.75) is 25.7 Å². The number of aromatic nitrogens is 4. The zero-order valence-electron chi connectivity index (χ0n) is 13.4. The number of nitrogens with one attached hydrogen (secondary N) is 1. The van der Waals surface area contributed by atoms with Gasteiger partial charge in [0.1, 0.15) is 6.54 Å². The number of benzene rings is 1. The number of fused-ring (bicyclic) bond motifs is 1. The summed E-state index contributed by atoms with van der Waals surface area (Å²) in [4.78, 5) is 30.7. The minimum Gasteiger partial charge on any atom is -0.453 e. The molecule has 136 valence electrons. The molecule has 1 aromatic carbocycles. The Morgan fingerprint density at radius 3 is 2.73 bits per heavy atom. The number of para-hydroxylation sites is 1. The molecule has 0 saturated carbocycles. The van der Waals surface area contributed by atoms with E-state index in [0.717, 1.165) is 16.9 Å². The van der Waals surface area contributed by atoms with E-state index in [-0.39, 0.29) is 11.4 Å². The molecule has 0 spiro atoms. The highest BCUT2D eigenvalue weighted by molar-refractivity contribution is 5.77. The van der Waals surface area contributed by atoms with E-state index in [9.17, 15) is 22.8 Å². The first-order valence-electron chi connectivity index (χ1n) is 7.53. The lowest BCUT2D eigenvalue weighted by Crippen LogP contribution is -2.20. The minimum absolute atomic E-state index is 0.137. The van der Waals surface area contributed by atoms with Crippen molar-refractivity contribution >= 4 is 16.9 Å². The van der Waals surface area contributed by atoms with Crippen LogP contribution in [0.3, 0.4) is 0 Å². The van der Waals surface area contributed by atoms with Gasteiger partial charge >= 0.3 is 12.1 Å². The summed E-state index contributed by atoms with van der Waals surface area (Å²) in [6, 6.07) is 7.43. The molecular weight excluding hydrogens is 353 g/mol. The first kappa shape index (κ1) is 17.6. The number of hydrogen-bond acceptors (Lipinski definition) is 5. The molecule has 0 saturated heterocycles. The topological polar surface area (TPSA) is 89.9 Å². The Labute approximate surface area is 144 Å². The molecule has 0 fully saturated rings. The van der Waals surface area contributed by atoms with E-state index >= 15 is 0 Å². The summed E-state index contributed by atoms with van der Waals surface area (Å²) >= 11 is 0. The van der Waals surface area contributed by atoms with Gasteiger partial charge in [-0.15, -0.1) is 0 Å². The summed E-state index contributed by atoms with van der Waals surface area (Å²) in [5.41, 5.74) is -1.04. The maximum atomic E-state index is 12.5. The molecule has 0 amide bonds. The number of rotatable bonds is 4. The number of nitrogens with zero attached hydrogens (tertiary/aromatic N) is 3. The third-order valence-electron chi connectivity index (χ3n) is 3.55. The van der Waals surface area contributed by atoms with Gasteiger partial charge in [-0.25, -0.2) is 4.98 Å². The molecule has 7 nitrogen and oxygen atoms in total. The van der Waals surface area contributed by atoms with Crippen LogP contribution in [0, 0.1) is 0 Å². The van der Waals surface area contributed by atoms with Crippen LogP contribution in [0.4, 0.5) is 13.2 Å². The van der Waals surface area contributed by atoms with Gasteiger partial charge in [0, 0.05) is 6.20 Å². The second kappa shape index (κ2) is 6.62. The molecule has 26 heavy (non-hydrogen) atoms. The molecule has 0 aliphatic carbocycles. The number of carbonyl (C=O) groups is 1. The summed E-state index contributed by atoms with van der Waals surface area (Å²) in [5.74, 6) is -0.677. The lowest BCUT2D eigenvalue weighted by atomic mass is 10.2. The summed E-state index contributed by atoms with van der Waals surface area (Å²) in [5, 5.41) is 3.67. The summed E-state index contributed by atoms with van der Waals surface area (Å²) < 4.78 is 43.5. The quantitative estimate of drug-likeness (QED) is 0.717. The Hall–Kier alpha value is -3.17. The normalized spacial score (nSPS) is 12.9. The number of ether oxygens (including phenoxy) is 1. The van der Waals surface area contributed by atoms with Crippen LogP contribution in [0.25, 0.3) is 10.9 Å². The molecular formula is C16H13F3N4O3. The van der Waals surface area contributed by atoms with Crippen molar-refractivity contribution in [3.63, 3.8) is 0 Å². The highest BCUT2D eigenvalue weighted by Gasteiger charge is 2.33. The number of alkyl halides is 3. The molecule has 2 heterocycles. The molecule has 0 aliphatic rings. The lowest BCUT2D eigenvalue weighted by molar-refractivity contribution is -0.150. The number of carbonyl (C=O) groups excluding carboxylic acids is 1. The van der Waals surface area contributed by atoms with Gasteiger partial charge in [-0.05, 0) is 25.1 Å². The van der Waals surface area contributed by atoms with Crippen molar-refractivity contribution < 1.29 is 22.7 Å². The van der Waals surface area contributed by atoms with E-state index in [1.165, 1.54) is 6.92 Å². The Morgan fingerprint density at radius 2 is 2.04 bits per heavy atom. The molecule has 2 aromatic heterocycles. The summed E-state index contributed by atoms with van der Waals surface area (Å²) in [7, 11) is 0. The van der Waals surface area contributed by atoms with E-state index in [1.807, 2.05) is 0 Å². The van der Waals surface area contributed by atoms with Crippen molar-refractivity contribution in [3.8, 4) is 0 Å². The Kier molecular flexibility index (Phi) is 4.49. The van der Waals surface area contributed by atoms with Crippen molar-refractivity contribution in [1.29, 1.82) is 0 Å². The van der Waals surface area contributed by atoms with Crippen LogP contribution in [-0.4, -0.2) is 25.7 Å². The van der Waals surface area contributed by atoms with E-state index in [1.54, 1.807) is 24.3 Å². The Morgan fingerprint density at radius 1 is 1.31 bits per heavy atom. The highest BCUT2D eigenvalue weighted by atomic mass is 19.4. The van der Waals surface area contributed by atoms with Crippen molar-refractivity contribution in [2.75, 3.05) is 0 Å². The minimum atomic E-state index is -4.59. The maximum Gasteiger partial charge on any atom is 0.435 e. The summed E-state index contributed by atoms with van der Waals surface area (Å²) in [6.45, 7) is 0.993. The average Bonchev–Trinajstić information content (AvgIpc) is 3.03. The Balaban J connectivity index is 1.71. The van der Waals surface area contributed by atoms with Gasteiger partial charge in [-0.1, -0.05) is 12.1 Å². The van der Waals surface area contributed by atoms with Crippen LogP contribution in [0.1, 0.15) is 24.5 Å². The number of H-pyrrole nitrogens is 1. The molecule has 0 bridgehead atoms. The molecule has 0 radical (unpaired) electrons. The monoisotopic (exact) mass is 366 g/mol. The van der Waals surface area contributed by atoms with E-state index < -0.39 is 30.5 Å². The van der Waals surface area contributed by atoms with Crippen LogP contribution in [-0.2, 0) is 22.3 Å². The van der Waals surface area contributed by atoms with Gasteiger partial charge in [-0.2, -0.15) is 18.3 Å². The fourth-order valence-corrected chi connectivity index (χ4v) is 2.32. The third kappa shape index (κ3) is 3.73.